The lowest BCUT2D eigenvalue weighted by molar-refractivity contribution is -0.139. The Bertz CT molecular complexity index is 422. The molecule has 0 aliphatic heterocycles. The van der Waals surface area contributed by atoms with E-state index in [0.717, 1.165) is 4.90 Å². The highest BCUT2D eigenvalue weighted by molar-refractivity contribution is 8.00. The van der Waals surface area contributed by atoms with Crippen molar-refractivity contribution >= 4 is 23.5 Å². The fourth-order valence-corrected chi connectivity index (χ4v) is 2.08. The number of benzene rings is 1. The topological polar surface area (TPSA) is 72.8 Å². The molecule has 98 valence electrons. The number of methoxy groups -OCH3 is 2. The van der Waals surface area contributed by atoms with Gasteiger partial charge >= 0.3 is 5.97 Å². The summed E-state index contributed by atoms with van der Waals surface area (Å²) in [6, 6.07) is 5.26. The molecule has 0 aliphatic carbocycles. The van der Waals surface area contributed by atoms with E-state index in [-0.39, 0.29) is 11.5 Å². The third-order valence-corrected chi connectivity index (χ3v) is 3.11. The van der Waals surface area contributed by atoms with Crippen LogP contribution in [-0.2, 0) is 9.59 Å². The maximum Gasteiger partial charge on any atom is 0.310 e. The second-order valence-corrected chi connectivity index (χ2v) is 4.49. The summed E-state index contributed by atoms with van der Waals surface area (Å²) in [5, 5.41) is 8.48. The maximum atomic E-state index is 11.3. The summed E-state index contributed by atoms with van der Waals surface area (Å²) >= 11 is 1.26. The minimum atomic E-state index is -1.11. The van der Waals surface area contributed by atoms with Crippen molar-refractivity contribution in [2.75, 3.05) is 20.0 Å². The number of carbonyl (C=O) groups excluding carboxylic acids is 1. The Kier molecular flexibility index (Phi) is 5.51. The zero-order chi connectivity index (χ0) is 13.5. The monoisotopic (exact) mass is 270 g/mol. The second-order valence-electron chi connectivity index (χ2n) is 3.45. The van der Waals surface area contributed by atoms with Crippen molar-refractivity contribution < 1.29 is 24.2 Å². The molecule has 1 aromatic rings. The molecule has 0 bridgehead atoms. The Morgan fingerprint density at radius 1 is 1.17 bits per heavy atom. The molecule has 18 heavy (non-hydrogen) atoms. The normalized spacial score (nSPS) is 9.89. The van der Waals surface area contributed by atoms with Gasteiger partial charge in [0.05, 0.1) is 20.0 Å². The Labute approximate surface area is 109 Å². The van der Waals surface area contributed by atoms with Crippen LogP contribution in [0.4, 0.5) is 0 Å². The lowest BCUT2D eigenvalue weighted by Crippen LogP contribution is -2.08. The van der Waals surface area contributed by atoms with E-state index in [1.165, 1.54) is 11.8 Å². The van der Waals surface area contributed by atoms with Crippen molar-refractivity contribution in [3.05, 3.63) is 18.2 Å². The highest BCUT2D eigenvalue weighted by Crippen LogP contribution is 2.29. The highest BCUT2D eigenvalue weighted by Gasteiger charge is 2.09. The SMILES string of the molecule is COc1cc(OC)cc(SCC(=O)CC(=O)O)c1. The number of carboxylic acids is 1. The minimum Gasteiger partial charge on any atom is -0.497 e. The first-order chi connectivity index (χ1) is 8.55. The van der Waals surface area contributed by atoms with Crippen LogP contribution in [0.15, 0.2) is 23.1 Å². The van der Waals surface area contributed by atoms with Gasteiger partial charge in [0, 0.05) is 11.0 Å². The standard InChI is InChI=1S/C12H14O5S/c1-16-9-4-10(17-2)6-11(5-9)18-7-8(13)3-12(14)15/h4-6H,3,7H2,1-2H3,(H,14,15). The lowest BCUT2D eigenvalue weighted by atomic mass is 10.3. The van der Waals surface area contributed by atoms with Crippen LogP contribution in [0.5, 0.6) is 11.5 Å². The second kappa shape index (κ2) is 6.90. The van der Waals surface area contributed by atoms with E-state index in [4.69, 9.17) is 14.6 Å². The van der Waals surface area contributed by atoms with Crippen molar-refractivity contribution in [3.8, 4) is 11.5 Å². The van der Waals surface area contributed by atoms with E-state index >= 15 is 0 Å². The quantitative estimate of drug-likeness (QED) is 0.602. The molecule has 0 unspecified atom stereocenters. The predicted molar refractivity (Wildman–Crippen MR) is 67.5 cm³/mol. The number of thioether (sulfide) groups is 1. The van der Waals surface area contributed by atoms with Gasteiger partial charge in [-0.3, -0.25) is 9.59 Å². The van der Waals surface area contributed by atoms with E-state index in [1.54, 1.807) is 32.4 Å². The van der Waals surface area contributed by atoms with Crippen LogP contribution in [0.1, 0.15) is 6.42 Å². The molecule has 0 atom stereocenters. The summed E-state index contributed by atoms with van der Waals surface area (Å²) < 4.78 is 10.2. The number of Topliss-reactive ketones (excluding diaryl/α,β-unsaturated/α-hetero) is 1. The zero-order valence-electron chi connectivity index (χ0n) is 10.1. The molecule has 0 amide bonds. The van der Waals surface area contributed by atoms with Gasteiger partial charge in [0.15, 0.2) is 5.78 Å². The van der Waals surface area contributed by atoms with Crippen LogP contribution in [0.3, 0.4) is 0 Å². The van der Waals surface area contributed by atoms with Crippen molar-refractivity contribution in [2.45, 2.75) is 11.3 Å². The van der Waals surface area contributed by atoms with Crippen LogP contribution in [0, 0.1) is 0 Å². The number of aliphatic carboxylic acids is 1. The van der Waals surface area contributed by atoms with Gasteiger partial charge in [-0.2, -0.15) is 0 Å². The highest BCUT2D eigenvalue weighted by atomic mass is 32.2. The van der Waals surface area contributed by atoms with Crippen molar-refractivity contribution in [1.29, 1.82) is 0 Å². The van der Waals surface area contributed by atoms with Gasteiger partial charge in [0.25, 0.3) is 0 Å². The number of ketones is 1. The largest absolute Gasteiger partial charge is 0.497 e. The average molecular weight is 270 g/mol. The molecule has 0 spiro atoms. The van der Waals surface area contributed by atoms with Crippen molar-refractivity contribution in [3.63, 3.8) is 0 Å². The molecule has 0 aliphatic rings. The third-order valence-electron chi connectivity index (χ3n) is 2.07. The maximum absolute atomic E-state index is 11.3. The van der Waals surface area contributed by atoms with E-state index in [1.807, 2.05) is 0 Å². The Balaban J connectivity index is 2.66. The fraction of sp³-hybridized carbons (Fsp3) is 0.333. The summed E-state index contributed by atoms with van der Waals surface area (Å²) in [5.41, 5.74) is 0. The number of hydrogen-bond donors (Lipinski definition) is 1. The first-order valence-electron chi connectivity index (χ1n) is 5.14. The number of hydrogen-bond acceptors (Lipinski definition) is 5. The Morgan fingerprint density at radius 3 is 2.17 bits per heavy atom. The Hall–Kier alpha value is -1.69. The summed E-state index contributed by atoms with van der Waals surface area (Å²) in [6.45, 7) is 0. The molecule has 0 radical (unpaired) electrons. The third kappa shape index (κ3) is 4.67. The molecule has 1 N–H and O–H groups in total. The summed E-state index contributed by atoms with van der Waals surface area (Å²) in [7, 11) is 3.08. The molecular weight excluding hydrogens is 256 g/mol. The number of rotatable bonds is 7. The minimum absolute atomic E-state index is 0.114. The first-order valence-corrected chi connectivity index (χ1v) is 6.13. The van der Waals surface area contributed by atoms with Crippen LogP contribution in [0.25, 0.3) is 0 Å². The summed E-state index contributed by atoms with van der Waals surface area (Å²) in [4.78, 5) is 22.4. The van der Waals surface area contributed by atoms with Crippen molar-refractivity contribution in [2.24, 2.45) is 0 Å². The fourth-order valence-electron chi connectivity index (χ4n) is 1.25. The molecular formula is C12H14O5S. The molecule has 1 rings (SSSR count). The lowest BCUT2D eigenvalue weighted by Gasteiger charge is -2.07. The number of carboxylic acid groups (broad SMARTS) is 1. The van der Waals surface area contributed by atoms with E-state index in [2.05, 4.69) is 0 Å². The molecule has 0 fully saturated rings. The number of carbonyl (C=O) groups is 2. The average Bonchev–Trinajstić information content (AvgIpc) is 2.35. The predicted octanol–water partition coefficient (Wildman–Crippen LogP) is 1.84. The molecule has 6 heteroatoms. The van der Waals surface area contributed by atoms with Crippen LogP contribution < -0.4 is 9.47 Å². The van der Waals surface area contributed by atoms with Gasteiger partial charge in [0.2, 0.25) is 0 Å². The molecule has 5 nitrogen and oxygen atoms in total. The Morgan fingerprint density at radius 2 is 1.72 bits per heavy atom. The van der Waals surface area contributed by atoms with Gasteiger partial charge in [-0.15, -0.1) is 11.8 Å². The summed E-state index contributed by atoms with van der Waals surface area (Å²) in [5.74, 6) is -0.0639. The van der Waals surface area contributed by atoms with Gasteiger partial charge in [-0.25, -0.2) is 0 Å². The molecule has 0 heterocycles. The van der Waals surface area contributed by atoms with E-state index < -0.39 is 12.4 Å². The molecule has 1 aromatic carbocycles. The molecule has 0 saturated carbocycles. The van der Waals surface area contributed by atoms with Gasteiger partial charge in [-0.05, 0) is 12.1 Å². The van der Waals surface area contributed by atoms with Crippen LogP contribution in [0.2, 0.25) is 0 Å². The first kappa shape index (κ1) is 14.4. The van der Waals surface area contributed by atoms with Crippen LogP contribution >= 0.6 is 11.8 Å². The molecule has 0 saturated heterocycles. The smallest absolute Gasteiger partial charge is 0.310 e. The number of ether oxygens (including phenoxy) is 2. The van der Waals surface area contributed by atoms with Gasteiger partial charge < -0.3 is 14.6 Å². The van der Waals surface area contributed by atoms with Crippen molar-refractivity contribution in [1.82, 2.24) is 0 Å². The van der Waals surface area contributed by atoms with E-state index in [0.29, 0.717) is 11.5 Å². The van der Waals surface area contributed by atoms with E-state index in [9.17, 15) is 9.59 Å². The van der Waals surface area contributed by atoms with Crippen LogP contribution in [-0.4, -0.2) is 36.8 Å². The van der Waals surface area contributed by atoms with Gasteiger partial charge in [0.1, 0.15) is 17.9 Å². The van der Waals surface area contributed by atoms with Gasteiger partial charge in [-0.1, -0.05) is 0 Å². The zero-order valence-corrected chi connectivity index (χ0v) is 11.0. The molecule has 0 aromatic heterocycles. The summed E-state index contributed by atoms with van der Waals surface area (Å²) in [6.07, 6.45) is -0.450.